The predicted molar refractivity (Wildman–Crippen MR) is 139 cm³/mol. The van der Waals surface area contributed by atoms with Crippen LogP contribution in [0.1, 0.15) is 21.5 Å². The van der Waals surface area contributed by atoms with Gasteiger partial charge in [0.05, 0.1) is 24.9 Å². The lowest BCUT2D eigenvalue weighted by Crippen LogP contribution is -2.14. The van der Waals surface area contributed by atoms with Crippen molar-refractivity contribution in [3.05, 3.63) is 111 Å². The van der Waals surface area contributed by atoms with E-state index in [-0.39, 0.29) is 16.9 Å². The summed E-state index contributed by atoms with van der Waals surface area (Å²) in [5, 5.41) is 2.90. The summed E-state index contributed by atoms with van der Waals surface area (Å²) in [4.78, 5) is 35.5. The zero-order valence-electron chi connectivity index (χ0n) is 19.8. The number of carbonyl (C=O) groups excluding carboxylic acids is 1. The number of benzene rings is 3. The number of ether oxygens (including phenoxy) is 1. The first-order chi connectivity index (χ1) is 18.2. The molecule has 7 nitrogen and oxygen atoms in total. The number of H-pyrrole nitrogens is 1. The average Bonchev–Trinajstić information content (AvgIpc) is 2.91. The van der Waals surface area contributed by atoms with Crippen LogP contribution in [0.3, 0.4) is 0 Å². The molecule has 3 aromatic carbocycles. The van der Waals surface area contributed by atoms with Crippen molar-refractivity contribution in [2.45, 2.75) is 17.1 Å². The lowest BCUT2D eigenvalue weighted by molar-refractivity contribution is -0.137. The number of thioether (sulfide) groups is 1. The molecule has 1 aromatic heterocycles. The molecule has 0 aliphatic rings. The maximum Gasteiger partial charge on any atom is 0.416 e. The SMILES string of the molecule is [C-]#[N+]c1c(-c2cccc(OC)c2)nc(SCc2cccc(NC(=O)c3cccc(C(F)(F)F)c3)c2)[nH]c1=O. The first-order valence-electron chi connectivity index (χ1n) is 11.0. The lowest BCUT2D eigenvalue weighted by atomic mass is 10.1. The summed E-state index contributed by atoms with van der Waals surface area (Å²) in [6.07, 6.45) is -4.55. The van der Waals surface area contributed by atoms with Crippen molar-refractivity contribution >= 4 is 29.0 Å². The summed E-state index contributed by atoms with van der Waals surface area (Å²) < 4.78 is 44.2. The number of nitrogens with zero attached hydrogens (tertiary/aromatic N) is 2. The molecule has 0 saturated carbocycles. The minimum atomic E-state index is -4.55. The fourth-order valence-electron chi connectivity index (χ4n) is 3.52. The standard InChI is InChI=1S/C27H19F3N4O3S/c1-31-23-22(17-7-5-11-21(14-17)37-2)33-26(34-25(23)36)38-15-16-6-3-10-20(12-16)32-24(35)18-8-4-9-19(13-18)27(28,29)30/h3-14H,15H2,2H3,(H,32,35)(H,33,34,36). The number of methoxy groups -OCH3 is 1. The molecule has 0 saturated heterocycles. The third-order valence-electron chi connectivity index (χ3n) is 5.34. The van der Waals surface area contributed by atoms with E-state index in [2.05, 4.69) is 20.1 Å². The van der Waals surface area contributed by atoms with E-state index < -0.39 is 23.2 Å². The van der Waals surface area contributed by atoms with E-state index in [1.54, 1.807) is 48.5 Å². The monoisotopic (exact) mass is 536 g/mol. The minimum absolute atomic E-state index is 0.119. The molecular weight excluding hydrogens is 517 g/mol. The quantitative estimate of drug-likeness (QED) is 0.159. The molecule has 1 heterocycles. The summed E-state index contributed by atoms with van der Waals surface area (Å²) >= 11 is 1.22. The van der Waals surface area contributed by atoms with Crippen LogP contribution in [0.15, 0.2) is 82.7 Å². The third-order valence-corrected chi connectivity index (χ3v) is 6.29. The van der Waals surface area contributed by atoms with E-state index in [1.807, 2.05) is 0 Å². The summed E-state index contributed by atoms with van der Waals surface area (Å²) in [7, 11) is 1.51. The molecular formula is C27H19F3N4O3S. The maximum absolute atomic E-state index is 13.0. The van der Waals surface area contributed by atoms with Gasteiger partial charge in [-0.15, -0.1) is 0 Å². The highest BCUT2D eigenvalue weighted by molar-refractivity contribution is 7.98. The van der Waals surface area contributed by atoms with Crippen molar-refractivity contribution < 1.29 is 22.7 Å². The fourth-order valence-corrected chi connectivity index (χ4v) is 4.32. The summed E-state index contributed by atoms with van der Waals surface area (Å²) in [6.45, 7) is 7.40. The summed E-state index contributed by atoms with van der Waals surface area (Å²) in [5.74, 6) is 0.230. The van der Waals surface area contributed by atoms with Gasteiger partial charge in [0.1, 0.15) is 5.75 Å². The Bertz CT molecular complexity index is 1600. The van der Waals surface area contributed by atoms with E-state index in [0.29, 0.717) is 27.9 Å². The van der Waals surface area contributed by atoms with Gasteiger partial charge >= 0.3 is 6.18 Å². The molecule has 0 unspecified atom stereocenters. The maximum atomic E-state index is 13.0. The van der Waals surface area contributed by atoms with Gasteiger partial charge in [-0.2, -0.15) is 13.2 Å². The van der Waals surface area contributed by atoms with Crippen LogP contribution >= 0.6 is 11.8 Å². The first-order valence-corrected chi connectivity index (χ1v) is 12.0. The molecule has 192 valence electrons. The van der Waals surface area contributed by atoms with Gasteiger partial charge in [0.25, 0.3) is 17.2 Å². The zero-order chi connectivity index (χ0) is 27.3. The van der Waals surface area contributed by atoms with E-state index in [0.717, 1.165) is 17.7 Å². The molecule has 0 aliphatic heterocycles. The van der Waals surface area contributed by atoms with Crippen molar-refractivity contribution in [1.82, 2.24) is 9.97 Å². The smallest absolute Gasteiger partial charge is 0.416 e. The predicted octanol–water partition coefficient (Wildman–Crippen LogP) is 6.56. The largest absolute Gasteiger partial charge is 0.497 e. The second-order valence-electron chi connectivity index (χ2n) is 7.93. The van der Waals surface area contributed by atoms with Crippen LogP contribution in [0.5, 0.6) is 5.75 Å². The van der Waals surface area contributed by atoms with Gasteiger partial charge in [-0.25, -0.2) is 9.83 Å². The number of halogens is 3. The van der Waals surface area contributed by atoms with Gasteiger partial charge < -0.3 is 15.0 Å². The molecule has 0 spiro atoms. The number of hydrogen-bond acceptors (Lipinski definition) is 5. The molecule has 0 aliphatic carbocycles. The summed E-state index contributed by atoms with van der Waals surface area (Å²) in [5.41, 5.74) is 0.207. The first kappa shape index (κ1) is 26.5. The molecule has 4 rings (SSSR count). The Morgan fingerprint density at radius 2 is 1.87 bits per heavy atom. The van der Waals surface area contributed by atoms with Crippen LogP contribution in [-0.4, -0.2) is 23.0 Å². The number of rotatable bonds is 7. The Kier molecular flexibility index (Phi) is 7.83. The minimum Gasteiger partial charge on any atom is -0.497 e. The van der Waals surface area contributed by atoms with Crippen LogP contribution in [-0.2, 0) is 11.9 Å². The second-order valence-corrected chi connectivity index (χ2v) is 8.90. The van der Waals surface area contributed by atoms with Gasteiger partial charge in [0.15, 0.2) is 5.16 Å². The molecule has 0 fully saturated rings. The Hall–Kier alpha value is -4.56. The molecule has 1 amide bonds. The number of amides is 1. The van der Waals surface area contributed by atoms with Gasteiger partial charge in [0, 0.05) is 17.0 Å². The number of aromatic nitrogens is 2. The number of carbonyl (C=O) groups is 1. The normalized spacial score (nSPS) is 11.0. The van der Waals surface area contributed by atoms with Crippen molar-refractivity contribution in [3.63, 3.8) is 0 Å². The number of anilines is 1. The topological polar surface area (TPSA) is 88.4 Å². The average molecular weight is 537 g/mol. The van der Waals surface area contributed by atoms with E-state index in [4.69, 9.17) is 11.3 Å². The fraction of sp³-hybridized carbons (Fsp3) is 0.111. The van der Waals surface area contributed by atoms with Gasteiger partial charge in [-0.05, 0) is 53.6 Å². The molecule has 0 radical (unpaired) electrons. The molecule has 0 atom stereocenters. The highest BCUT2D eigenvalue weighted by Gasteiger charge is 2.30. The van der Waals surface area contributed by atoms with Gasteiger partial charge in [-0.3, -0.25) is 9.59 Å². The highest BCUT2D eigenvalue weighted by Crippen LogP contribution is 2.31. The number of nitrogens with one attached hydrogen (secondary N) is 2. The van der Waals surface area contributed by atoms with Crippen molar-refractivity contribution in [2.24, 2.45) is 0 Å². The van der Waals surface area contributed by atoms with Crippen LogP contribution < -0.4 is 15.6 Å². The number of hydrogen-bond donors (Lipinski definition) is 2. The zero-order valence-corrected chi connectivity index (χ0v) is 20.6. The van der Waals surface area contributed by atoms with Crippen molar-refractivity contribution in [1.29, 1.82) is 0 Å². The highest BCUT2D eigenvalue weighted by atomic mass is 32.2. The molecule has 4 aromatic rings. The van der Waals surface area contributed by atoms with Crippen LogP contribution in [0.25, 0.3) is 16.1 Å². The van der Waals surface area contributed by atoms with Crippen LogP contribution in [0, 0.1) is 6.57 Å². The Morgan fingerprint density at radius 3 is 2.61 bits per heavy atom. The third kappa shape index (κ3) is 6.22. The Balaban J connectivity index is 1.51. The summed E-state index contributed by atoms with van der Waals surface area (Å²) in [6, 6.07) is 17.8. The Morgan fingerprint density at radius 1 is 1.11 bits per heavy atom. The molecule has 2 N–H and O–H groups in total. The van der Waals surface area contributed by atoms with Gasteiger partial charge in [-0.1, -0.05) is 42.1 Å². The molecule has 11 heteroatoms. The molecule has 38 heavy (non-hydrogen) atoms. The van der Waals surface area contributed by atoms with Crippen LogP contribution in [0.2, 0.25) is 0 Å². The Labute approximate surface area is 219 Å². The van der Waals surface area contributed by atoms with E-state index in [1.165, 1.54) is 31.0 Å². The van der Waals surface area contributed by atoms with Crippen LogP contribution in [0.4, 0.5) is 24.5 Å². The van der Waals surface area contributed by atoms with Gasteiger partial charge in [0.2, 0.25) is 0 Å². The molecule has 0 bridgehead atoms. The van der Waals surface area contributed by atoms with E-state index in [9.17, 15) is 22.8 Å². The number of aromatic amines is 1. The van der Waals surface area contributed by atoms with Crippen molar-refractivity contribution in [3.8, 4) is 17.0 Å². The number of alkyl halides is 3. The van der Waals surface area contributed by atoms with Crippen molar-refractivity contribution in [2.75, 3.05) is 12.4 Å². The van der Waals surface area contributed by atoms with E-state index >= 15 is 0 Å². The lowest BCUT2D eigenvalue weighted by Gasteiger charge is -2.10. The second kappa shape index (κ2) is 11.2.